The highest BCUT2D eigenvalue weighted by atomic mass is 16.8. The summed E-state index contributed by atoms with van der Waals surface area (Å²) in [7, 11) is 0. The fourth-order valence-corrected chi connectivity index (χ4v) is 1.61. The van der Waals surface area contributed by atoms with Crippen LogP contribution in [0.3, 0.4) is 0 Å². The Labute approximate surface area is 69.5 Å². The van der Waals surface area contributed by atoms with Crippen LogP contribution in [0.5, 0.6) is 0 Å². The topological polar surface area (TPSA) is 82.5 Å². The van der Waals surface area contributed by atoms with Gasteiger partial charge in [-0.2, -0.15) is 0 Å². The minimum atomic E-state index is -1.06. The van der Waals surface area contributed by atoms with Gasteiger partial charge in [0.25, 0.3) is 0 Å². The molecule has 2 aliphatic heterocycles. The molecule has 3 N–H and O–H groups in total. The molecule has 5 heteroatoms. The summed E-state index contributed by atoms with van der Waals surface area (Å²) in [5.41, 5.74) is 0. The van der Waals surface area contributed by atoms with Crippen LogP contribution in [-0.4, -0.2) is 52.1 Å². The van der Waals surface area contributed by atoms with Gasteiger partial charge >= 0.3 is 0 Å². The third-order valence-corrected chi connectivity index (χ3v) is 2.43. The molecule has 2 rings (SSSR count). The van der Waals surface area contributed by atoms with Gasteiger partial charge in [0.2, 0.25) is 0 Å². The quantitative estimate of drug-likeness (QED) is 0.411. The third-order valence-electron chi connectivity index (χ3n) is 2.43. The first kappa shape index (κ1) is 8.40. The molecular weight excluding hydrogens is 164 g/mol. The molecule has 2 heterocycles. The molecule has 2 aliphatic rings. The lowest BCUT2D eigenvalue weighted by atomic mass is 9.99. The van der Waals surface area contributed by atoms with Crippen LogP contribution in [0.15, 0.2) is 0 Å². The number of ether oxygens (including phenoxy) is 2. The number of rotatable bonds is 1. The first-order valence-corrected chi connectivity index (χ1v) is 3.91. The van der Waals surface area contributed by atoms with Crippen molar-refractivity contribution in [3.63, 3.8) is 0 Å². The van der Waals surface area contributed by atoms with Gasteiger partial charge in [-0.15, -0.1) is 0 Å². The van der Waals surface area contributed by atoms with Gasteiger partial charge in [-0.1, -0.05) is 0 Å². The zero-order valence-electron chi connectivity index (χ0n) is 6.67. The zero-order chi connectivity index (χ0) is 8.93. The van der Waals surface area contributed by atoms with E-state index in [0.717, 1.165) is 0 Å². The van der Waals surface area contributed by atoms with Crippen molar-refractivity contribution in [2.45, 2.75) is 37.1 Å². The average Bonchev–Trinajstić information content (AvgIpc) is 2.71. The van der Waals surface area contributed by atoms with Crippen molar-refractivity contribution in [2.75, 3.05) is 6.61 Å². The van der Waals surface area contributed by atoms with Gasteiger partial charge < -0.3 is 24.8 Å². The van der Waals surface area contributed by atoms with Crippen LogP contribution in [0.4, 0.5) is 0 Å². The van der Waals surface area contributed by atoms with Gasteiger partial charge in [0, 0.05) is 0 Å². The lowest BCUT2D eigenvalue weighted by Gasteiger charge is -2.30. The Hall–Kier alpha value is -0.200. The monoisotopic (exact) mass is 176 g/mol. The minimum absolute atomic E-state index is 0.316. The second-order valence-electron chi connectivity index (χ2n) is 3.37. The first-order chi connectivity index (χ1) is 5.58. The Balaban J connectivity index is 2.11. The third kappa shape index (κ3) is 0.982. The van der Waals surface area contributed by atoms with Crippen LogP contribution in [0.2, 0.25) is 0 Å². The lowest BCUT2D eigenvalue weighted by Crippen LogP contribution is -2.51. The summed E-state index contributed by atoms with van der Waals surface area (Å²) in [4.78, 5) is 0. The SMILES string of the molecule is CC12OC(CO)C(O)C(O)C1O2. The van der Waals surface area contributed by atoms with Crippen LogP contribution in [0.25, 0.3) is 0 Å². The average molecular weight is 176 g/mol. The van der Waals surface area contributed by atoms with E-state index < -0.39 is 30.2 Å². The van der Waals surface area contributed by atoms with E-state index in [1.807, 2.05) is 0 Å². The first-order valence-electron chi connectivity index (χ1n) is 3.91. The molecule has 12 heavy (non-hydrogen) atoms. The van der Waals surface area contributed by atoms with Gasteiger partial charge in [0.1, 0.15) is 24.4 Å². The Kier molecular flexibility index (Phi) is 1.68. The highest BCUT2D eigenvalue weighted by Gasteiger charge is 2.65. The van der Waals surface area contributed by atoms with Crippen molar-refractivity contribution >= 4 is 0 Å². The van der Waals surface area contributed by atoms with Crippen LogP contribution in [-0.2, 0) is 9.47 Å². The van der Waals surface area contributed by atoms with Crippen LogP contribution in [0.1, 0.15) is 6.92 Å². The molecule has 0 aromatic heterocycles. The van der Waals surface area contributed by atoms with E-state index in [0.29, 0.717) is 0 Å². The van der Waals surface area contributed by atoms with E-state index in [1.54, 1.807) is 6.92 Å². The smallest absolute Gasteiger partial charge is 0.195 e. The molecule has 2 saturated heterocycles. The molecular formula is C7H12O5. The molecule has 0 aromatic carbocycles. The van der Waals surface area contributed by atoms with Gasteiger partial charge in [-0.25, -0.2) is 0 Å². The molecule has 2 fully saturated rings. The summed E-state index contributed by atoms with van der Waals surface area (Å²) in [5, 5.41) is 27.5. The van der Waals surface area contributed by atoms with Gasteiger partial charge in [0.15, 0.2) is 5.79 Å². The number of aliphatic hydroxyl groups is 3. The molecule has 5 nitrogen and oxygen atoms in total. The molecule has 5 atom stereocenters. The fourth-order valence-electron chi connectivity index (χ4n) is 1.61. The standard InChI is InChI=1S/C7H12O5/c1-7-6(12-7)5(10)4(9)3(2-8)11-7/h3-6,8-10H,2H2,1H3. The number of hydrogen-bond donors (Lipinski definition) is 3. The van der Waals surface area contributed by atoms with Crippen molar-refractivity contribution in [3.05, 3.63) is 0 Å². The van der Waals surface area contributed by atoms with E-state index in [2.05, 4.69) is 0 Å². The van der Waals surface area contributed by atoms with E-state index in [9.17, 15) is 10.2 Å². The highest BCUT2D eigenvalue weighted by Crippen LogP contribution is 2.45. The lowest BCUT2D eigenvalue weighted by molar-refractivity contribution is -0.177. The summed E-state index contributed by atoms with van der Waals surface area (Å²) < 4.78 is 10.2. The maximum absolute atomic E-state index is 9.39. The van der Waals surface area contributed by atoms with Gasteiger partial charge in [-0.05, 0) is 6.92 Å². The number of aliphatic hydroxyl groups excluding tert-OH is 3. The van der Waals surface area contributed by atoms with E-state index in [4.69, 9.17) is 14.6 Å². The van der Waals surface area contributed by atoms with Crippen LogP contribution < -0.4 is 0 Å². The summed E-state index contributed by atoms with van der Waals surface area (Å²) in [6.07, 6.45) is -3.21. The number of epoxide rings is 1. The van der Waals surface area contributed by atoms with E-state index >= 15 is 0 Å². The second-order valence-corrected chi connectivity index (χ2v) is 3.37. The van der Waals surface area contributed by atoms with E-state index in [-0.39, 0.29) is 6.61 Å². The molecule has 0 spiro atoms. The molecule has 0 aromatic rings. The summed E-state index contributed by atoms with van der Waals surface area (Å²) in [5.74, 6) is -0.800. The van der Waals surface area contributed by atoms with Gasteiger partial charge in [0.05, 0.1) is 6.61 Å². The Morgan fingerprint density at radius 3 is 2.50 bits per heavy atom. The predicted octanol–water partition coefficient (Wildman–Crippen LogP) is -1.79. The fraction of sp³-hybridized carbons (Fsp3) is 1.00. The Morgan fingerprint density at radius 1 is 1.25 bits per heavy atom. The molecule has 0 saturated carbocycles. The molecule has 0 amide bonds. The predicted molar refractivity (Wildman–Crippen MR) is 37.3 cm³/mol. The summed E-state index contributed by atoms with van der Waals surface area (Å²) in [6.45, 7) is 1.36. The summed E-state index contributed by atoms with van der Waals surface area (Å²) in [6, 6.07) is 0. The number of hydrogen-bond acceptors (Lipinski definition) is 5. The highest BCUT2D eigenvalue weighted by molar-refractivity contribution is 5.05. The summed E-state index contributed by atoms with van der Waals surface area (Å²) >= 11 is 0. The molecule has 0 aliphatic carbocycles. The normalized spacial score (nSPS) is 58.0. The maximum atomic E-state index is 9.39. The maximum Gasteiger partial charge on any atom is 0.195 e. The second kappa shape index (κ2) is 2.40. The van der Waals surface area contributed by atoms with Crippen molar-refractivity contribution in [1.82, 2.24) is 0 Å². The number of fused-ring (bicyclic) bond motifs is 1. The van der Waals surface area contributed by atoms with E-state index in [1.165, 1.54) is 0 Å². The van der Waals surface area contributed by atoms with Crippen molar-refractivity contribution in [1.29, 1.82) is 0 Å². The van der Waals surface area contributed by atoms with Crippen molar-refractivity contribution in [3.8, 4) is 0 Å². The molecule has 70 valence electrons. The Bertz CT molecular complexity index is 194. The largest absolute Gasteiger partial charge is 0.394 e. The molecule has 0 bridgehead atoms. The van der Waals surface area contributed by atoms with Gasteiger partial charge in [-0.3, -0.25) is 0 Å². The van der Waals surface area contributed by atoms with Crippen molar-refractivity contribution in [2.24, 2.45) is 0 Å². The zero-order valence-corrected chi connectivity index (χ0v) is 6.67. The van der Waals surface area contributed by atoms with Crippen LogP contribution >= 0.6 is 0 Å². The molecule has 0 radical (unpaired) electrons. The molecule has 5 unspecified atom stereocenters. The minimum Gasteiger partial charge on any atom is -0.394 e. The van der Waals surface area contributed by atoms with Crippen LogP contribution in [0, 0.1) is 0 Å². The van der Waals surface area contributed by atoms with Crippen molar-refractivity contribution < 1.29 is 24.8 Å². The Morgan fingerprint density at radius 2 is 1.92 bits per heavy atom.